The Morgan fingerprint density at radius 3 is 2.61 bits per heavy atom. The summed E-state index contributed by atoms with van der Waals surface area (Å²) >= 11 is 0. The molecule has 0 atom stereocenters. The van der Waals surface area contributed by atoms with E-state index in [2.05, 4.69) is 64.7 Å². The molecule has 0 unspecified atom stereocenters. The maximum Gasteiger partial charge on any atom is 0.290 e. The first-order chi connectivity index (χ1) is 8.36. The van der Waals surface area contributed by atoms with Crippen LogP contribution < -0.4 is 28.5 Å². The Bertz CT molecular complexity index is 743. The first kappa shape index (κ1) is 11.7. The van der Waals surface area contributed by atoms with E-state index in [1.54, 1.807) is 0 Å². The fourth-order valence-corrected chi connectivity index (χ4v) is 2.92. The molecule has 90 valence electrons. The third-order valence-corrected chi connectivity index (χ3v) is 3.69. The first-order valence-electron chi connectivity index (χ1n) is 5.92. The van der Waals surface area contributed by atoms with E-state index in [0.717, 1.165) is 6.54 Å². The standard InChI is InChI=1S/C15H13N2.HI/c1-16-13-8-4-5-9-14(13)17-10-11-6-2-3-7-12(11)15(16)17;/h2-9H,10H2,1H3;1H/q+1;/p-1. The number of hydrogen-bond donors (Lipinski definition) is 0. The van der Waals surface area contributed by atoms with Gasteiger partial charge in [-0.25, -0.2) is 9.13 Å². The quantitative estimate of drug-likeness (QED) is 0.299. The van der Waals surface area contributed by atoms with Crippen LogP contribution in [0.5, 0.6) is 0 Å². The van der Waals surface area contributed by atoms with Crippen molar-refractivity contribution in [2.45, 2.75) is 6.54 Å². The molecule has 1 aliphatic heterocycles. The van der Waals surface area contributed by atoms with E-state index in [0.29, 0.717) is 0 Å². The van der Waals surface area contributed by atoms with Gasteiger partial charge in [0.1, 0.15) is 6.54 Å². The molecular formula is C15H13IN2. The van der Waals surface area contributed by atoms with Gasteiger partial charge in [0.2, 0.25) is 0 Å². The fourth-order valence-electron chi connectivity index (χ4n) is 2.92. The number of para-hydroxylation sites is 2. The Morgan fingerprint density at radius 2 is 1.72 bits per heavy atom. The smallest absolute Gasteiger partial charge is 0.290 e. The molecule has 0 amide bonds. The molecule has 3 aromatic rings. The minimum absolute atomic E-state index is 0. The highest BCUT2D eigenvalue weighted by Gasteiger charge is 2.31. The number of aromatic nitrogens is 2. The number of hydrogen-bond acceptors (Lipinski definition) is 0. The molecule has 0 saturated heterocycles. The van der Waals surface area contributed by atoms with Crippen molar-refractivity contribution in [1.82, 2.24) is 4.57 Å². The minimum Gasteiger partial charge on any atom is -1.00 e. The molecule has 2 nitrogen and oxygen atoms in total. The van der Waals surface area contributed by atoms with E-state index in [4.69, 9.17) is 0 Å². The molecule has 0 bridgehead atoms. The van der Waals surface area contributed by atoms with Crippen molar-refractivity contribution in [3.63, 3.8) is 0 Å². The molecule has 4 rings (SSSR count). The fraction of sp³-hybridized carbons (Fsp3) is 0.133. The summed E-state index contributed by atoms with van der Waals surface area (Å²) in [4.78, 5) is 0. The lowest BCUT2D eigenvalue weighted by atomic mass is 10.1. The second kappa shape index (κ2) is 4.09. The maximum atomic E-state index is 2.40. The normalized spacial score (nSPS) is 12.1. The molecule has 1 aliphatic rings. The zero-order valence-electron chi connectivity index (χ0n) is 10.1. The maximum absolute atomic E-state index is 2.40. The molecular weight excluding hydrogens is 335 g/mol. The molecule has 0 aliphatic carbocycles. The van der Waals surface area contributed by atoms with Crippen LogP contribution in [0.3, 0.4) is 0 Å². The summed E-state index contributed by atoms with van der Waals surface area (Å²) in [6.45, 7) is 0.993. The summed E-state index contributed by atoms with van der Waals surface area (Å²) in [7, 11) is 2.15. The zero-order valence-corrected chi connectivity index (χ0v) is 12.3. The van der Waals surface area contributed by atoms with Crippen LogP contribution in [0, 0.1) is 0 Å². The van der Waals surface area contributed by atoms with Gasteiger partial charge in [-0.05, 0) is 18.2 Å². The Morgan fingerprint density at radius 1 is 1.00 bits per heavy atom. The van der Waals surface area contributed by atoms with Gasteiger partial charge in [0.05, 0.1) is 12.6 Å². The summed E-state index contributed by atoms with van der Waals surface area (Å²) in [6.07, 6.45) is 0. The van der Waals surface area contributed by atoms with Gasteiger partial charge in [-0.2, -0.15) is 0 Å². The van der Waals surface area contributed by atoms with Crippen LogP contribution in [0.4, 0.5) is 0 Å². The first-order valence-corrected chi connectivity index (χ1v) is 5.92. The number of imidazole rings is 1. The van der Waals surface area contributed by atoms with Crippen LogP contribution in [0.25, 0.3) is 22.4 Å². The van der Waals surface area contributed by atoms with Crippen LogP contribution in [0.1, 0.15) is 5.56 Å². The van der Waals surface area contributed by atoms with Crippen molar-refractivity contribution >= 4 is 11.0 Å². The van der Waals surface area contributed by atoms with Crippen molar-refractivity contribution in [2.24, 2.45) is 7.05 Å². The number of benzene rings is 2. The Hall–Kier alpha value is -1.36. The van der Waals surface area contributed by atoms with Gasteiger partial charge in [-0.15, -0.1) is 0 Å². The van der Waals surface area contributed by atoms with E-state index < -0.39 is 0 Å². The summed E-state index contributed by atoms with van der Waals surface area (Å²) < 4.78 is 4.70. The summed E-state index contributed by atoms with van der Waals surface area (Å²) in [5.41, 5.74) is 5.41. The summed E-state index contributed by atoms with van der Waals surface area (Å²) in [5, 5.41) is 0. The lowest BCUT2D eigenvalue weighted by Gasteiger charge is -1.95. The number of aryl methyl sites for hydroxylation is 1. The van der Waals surface area contributed by atoms with Gasteiger partial charge in [0.15, 0.2) is 11.0 Å². The summed E-state index contributed by atoms with van der Waals surface area (Å²) in [5.74, 6) is 1.32. The average molecular weight is 348 g/mol. The lowest BCUT2D eigenvalue weighted by molar-refractivity contribution is -0.633. The molecule has 0 saturated carbocycles. The molecule has 3 heteroatoms. The molecule has 2 heterocycles. The van der Waals surface area contributed by atoms with Crippen molar-refractivity contribution in [1.29, 1.82) is 0 Å². The van der Waals surface area contributed by atoms with Gasteiger partial charge in [0.25, 0.3) is 5.82 Å². The molecule has 0 N–H and O–H groups in total. The van der Waals surface area contributed by atoms with E-state index in [-0.39, 0.29) is 24.0 Å². The molecule has 1 aromatic heterocycles. The third kappa shape index (κ3) is 1.37. The Balaban J connectivity index is 0.000001000. The van der Waals surface area contributed by atoms with Crippen LogP contribution >= 0.6 is 0 Å². The zero-order chi connectivity index (χ0) is 11.4. The molecule has 0 fully saturated rings. The van der Waals surface area contributed by atoms with Crippen LogP contribution in [-0.2, 0) is 13.6 Å². The monoisotopic (exact) mass is 348 g/mol. The van der Waals surface area contributed by atoms with Crippen molar-refractivity contribution in [3.8, 4) is 11.4 Å². The predicted octanol–water partition coefficient (Wildman–Crippen LogP) is -0.502. The van der Waals surface area contributed by atoms with Gasteiger partial charge < -0.3 is 24.0 Å². The van der Waals surface area contributed by atoms with Crippen LogP contribution in [0.2, 0.25) is 0 Å². The number of fused-ring (bicyclic) bond motifs is 5. The highest BCUT2D eigenvalue weighted by molar-refractivity contribution is 5.78. The molecule has 0 radical (unpaired) electrons. The van der Waals surface area contributed by atoms with Gasteiger partial charge in [-0.1, -0.05) is 30.3 Å². The van der Waals surface area contributed by atoms with Gasteiger partial charge in [0, 0.05) is 5.56 Å². The van der Waals surface area contributed by atoms with E-state index in [1.807, 2.05) is 0 Å². The number of rotatable bonds is 0. The van der Waals surface area contributed by atoms with E-state index in [1.165, 1.54) is 28.0 Å². The predicted molar refractivity (Wildman–Crippen MR) is 67.7 cm³/mol. The van der Waals surface area contributed by atoms with Crippen LogP contribution in [0.15, 0.2) is 48.5 Å². The average Bonchev–Trinajstić information content (AvgIpc) is 2.88. The second-order valence-electron chi connectivity index (χ2n) is 4.61. The topological polar surface area (TPSA) is 8.81 Å². The van der Waals surface area contributed by atoms with E-state index in [9.17, 15) is 0 Å². The third-order valence-electron chi connectivity index (χ3n) is 3.69. The van der Waals surface area contributed by atoms with Gasteiger partial charge >= 0.3 is 0 Å². The molecule has 2 aromatic carbocycles. The Labute approximate surface area is 123 Å². The summed E-state index contributed by atoms with van der Waals surface area (Å²) in [6, 6.07) is 17.3. The minimum atomic E-state index is 0. The highest BCUT2D eigenvalue weighted by Crippen LogP contribution is 2.32. The largest absolute Gasteiger partial charge is 1.00 e. The lowest BCUT2D eigenvalue weighted by Crippen LogP contribution is -3.00. The highest BCUT2D eigenvalue weighted by atomic mass is 127. The number of nitrogens with zero attached hydrogens (tertiary/aromatic N) is 2. The second-order valence-corrected chi connectivity index (χ2v) is 4.61. The number of halogens is 1. The van der Waals surface area contributed by atoms with Gasteiger partial charge in [-0.3, -0.25) is 0 Å². The van der Waals surface area contributed by atoms with Crippen molar-refractivity contribution in [2.75, 3.05) is 0 Å². The molecule has 18 heavy (non-hydrogen) atoms. The van der Waals surface area contributed by atoms with Crippen molar-refractivity contribution < 1.29 is 28.5 Å². The SMILES string of the molecule is C[n+]1c2n(c3ccccc31)Cc1ccccc1-2.[I-]. The van der Waals surface area contributed by atoms with E-state index >= 15 is 0 Å². The Kier molecular flexibility index (Phi) is 2.66. The van der Waals surface area contributed by atoms with Crippen LogP contribution in [-0.4, -0.2) is 4.57 Å². The molecule has 0 spiro atoms. The van der Waals surface area contributed by atoms with Crippen molar-refractivity contribution in [3.05, 3.63) is 54.1 Å².